The minimum absolute atomic E-state index is 0.00495. The van der Waals surface area contributed by atoms with Crippen molar-refractivity contribution in [2.75, 3.05) is 19.8 Å². The van der Waals surface area contributed by atoms with Gasteiger partial charge in [0.15, 0.2) is 0 Å². The molecular formula is C12H22N2O3. The van der Waals surface area contributed by atoms with Crippen molar-refractivity contribution in [3.05, 3.63) is 0 Å². The standard InChI is InChI=1S/C12H22N2O3/c1-12(4-6-16-7-5-12)14-11(15)10-3-2-9(8-13)17-10/h9-10H,2-8,13H2,1H3,(H,14,15). The molecule has 0 aromatic heterocycles. The molecule has 0 aromatic carbocycles. The number of hydrogen-bond donors (Lipinski definition) is 2. The Labute approximate surface area is 102 Å². The third-order valence-corrected chi connectivity index (χ3v) is 3.68. The van der Waals surface area contributed by atoms with Crippen LogP contribution in [0.2, 0.25) is 0 Å². The lowest BCUT2D eigenvalue weighted by molar-refractivity contribution is -0.134. The highest BCUT2D eigenvalue weighted by molar-refractivity contribution is 5.81. The summed E-state index contributed by atoms with van der Waals surface area (Å²) in [7, 11) is 0. The zero-order valence-corrected chi connectivity index (χ0v) is 10.4. The van der Waals surface area contributed by atoms with E-state index in [0.29, 0.717) is 19.8 Å². The van der Waals surface area contributed by atoms with Crippen LogP contribution in [0.25, 0.3) is 0 Å². The molecule has 17 heavy (non-hydrogen) atoms. The number of nitrogens with one attached hydrogen (secondary N) is 1. The van der Waals surface area contributed by atoms with Gasteiger partial charge in [0.05, 0.1) is 6.10 Å². The Bertz CT molecular complexity index is 277. The fourth-order valence-corrected chi connectivity index (χ4v) is 2.40. The molecular weight excluding hydrogens is 220 g/mol. The Hall–Kier alpha value is -0.650. The quantitative estimate of drug-likeness (QED) is 0.740. The van der Waals surface area contributed by atoms with E-state index in [0.717, 1.165) is 25.7 Å². The number of ether oxygens (including phenoxy) is 2. The van der Waals surface area contributed by atoms with E-state index in [1.807, 2.05) is 0 Å². The van der Waals surface area contributed by atoms with E-state index >= 15 is 0 Å². The number of amides is 1. The van der Waals surface area contributed by atoms with Crippen LogP contribution in [-0.2, 0) is 14.3 Å². The van der Waals surface area contributed by atoms with Gasteiger partial charge in [-0.25, -0.2) is 0 Å². The van der Waals surface area contributed by atoms with E-state index in [9.17, 15) is 4.79 Å². The molecule has 2 heterocycles. The van der Waals surface area contributed by atoms with Gasteiger partial charge in [-0.1, -0.05) is 0 Å². The Kier molecular flexibility index (Phi) is 4.01. The second kappa shape index (κ2) is 5.33. The van der Waals surface area contributed by atoms with E-state index in [4.69, 9.17) is 15.2 Å². The van der Waals surface area contributed by atoms with Gasteiger partial charge < -0.3 is 20.5 Å². The lowest BCUT2D eigenvalue weighted by Crippen LogP contribution is -2.52. The molecule has 98 valence electrons. The predicted molar refractivity (Wildman–Crippen MR) is 63.6 cm³/mol. The molecule has 3 N–H and O–H groups in total. The van der Waals surface area contributed by atoms with Crippen LogP contribution < -0.4 is 11.1 Å². The van der Waals surface area contributed by atoms with Gasteiger partial charge in [0.25, 0.3) is 0 Å². The highest BCUT2D eigenvalue weighted by atomic mass is 16.5. The molecule has 0 aliphatic carbocycles. The smallest absolute Gasteiger partial charge is 0.249 e. The molecule has 2 aliphatic heterocycles. The molecule has 0 saturated carbocycles. The van der Waals surface area contributed by atoms with Crippen molar-refractivity contribution in [3.8, 4) is 0 Å². The number of hydrogen-bond acceptors (Lipinski definition) is 4. The van der Waals surface area contributed by atoms with Crippen molar-refractivity contribution in [1.82, 2.24) is 5.32 Å². The first-order valence-electron chi connectivity index (χ1n) is 6.38. The third kappa shape index (κ3) is 3.18. The average molecular weight is 242 g/mol. The molecule has 2 atom stereocenters. The van der Waals surface area contributed by atoms with Crippen LogP contribution in [0.4, 0.5) is 0 Å². The van der Waals surface area contributed by atoms with Gasteiger partial charge in [-0.15, -0.1) is 0 Å². The molecule has 1 amide bonds. The van der Waals surface area contributed by atoms with Crippen LogP contribution in [0.5, 0.6) is 0 Å². The van der Waals surface area contributed by atoms with Crippen LogP contribution in [0.3, 0.4) is 0 Å². The highest BCUT2D eigenvalue weighted by Crippen LogP contribution is 2.23. The van der Waals surface area contributed by atoms with Gasteiger partial charge in [0.2, 0.25) is 5.91 Å². The zero-order valence-electron chi connectivity index (χ0n) is 10.4. The van der Waals surface area contributed by atoms with E-state index < -0.39 is 0 Å². The van der Waals surface area contributed by atoms with E-state index in [-0.39, 0.29) is 23.7 Å². The maximum absolute atomic E-state index is 12.1. The second-order valence-corrected chi connectivity index (χ2v) is 5.22. The van der Waals surface area contributed by atoms with Crippen molar-refractivity contribution in [3.63, 3.8) is 0 Å². The fourth-order valence-electron chi connectivity index (χ4n) is 2.40. The van der Waals surface area contributed by atoms with E-state index in [1.54, 1.807) is 0 Å². The van der Waals surface area contributed by atoms with Crippen molar-refractivity contribution >= 4 is 5.91 Å². The minimum atomic E-state index is -0.316. The number of carbonyl (C=O) groups excluding carboxylic acids is 1. The second-order valence-electron chi connectivity index (χ2n) is 5.22. The molecule has 0 radical (unpaired) electrons. The molecule has 2 aliphatic rings. The number of rotatable bonds is 3. The Morgan fingerprint density at radius 3 is 2.71 bits per heavy atom. The monoisotopic (exact) mass is 242 g/mol. The number of carbonyl (C=O) groups is 1. The third-order valence-electron chi connectivity index (χ3n) is 3.68. The summed E-state index contributed by atoms with van der Waals surface area (Å²) in [5, 5.41) is 3.10. The Morgan fingerprint density at radius 2 is 2.12 bits per heavy atom. The summed E-state index contributed by atoms with van der Waals surface area (Å²) in [5.41, 5.74) is 5.39. The van der Waals surface area contributed by atoms with Crippen LogP contribution in [0, 0.1) is 0 Å². The van der Waals surface area contributed by atoms with Gasteiger partial charge in [0.1, 0.15) is 6.10 Å². The summed E-state index contributed by atoms with van der Waals surface area (Å²) in [6.07, 6.45) is 3.13. The summed E-state index contributed by atoms with van der Waals surface area (Å²) in [6.45, 7) is 4.00. The maximum Gasteiger partial charge on any atom is 0.249 e. The highest BCUT2D eigenvalue weighted by Gasteiger charge is 2.35. The number of nitrogens with two attached hydrogens (primary N) is 1. The van der Waals surface area contributed by atoms with Crippen LogP contribution >= 0.6 is 0 Å². The van der Waals surface area contributed by atoms with Crippen molar-refractivity contribution in [2.45, 2.75) is 50.4 Å². The van der Waals surface area contributed by atoms with Crippen LogP contribution in [0.15, 0.2) is 0 Å². The first kappa shape index (κ1) is 12.8. The van der Waals surface area contributed by atoms with Crippen molar-refractivity contribution in [1.29, 1.82) is 0 Å². The van der Waals surface area contributed by atoms with Gasteiger partial charge in [-0.05, 0) is 32.6 Å². The topological polar surface area (TPSA) is 73.6 Å². The Balaban J connectivity index is 1.84. The van der Waals surface area contributed by atoms with E-state index in [1.165, 1.54) is 0 Å². The predicted octanol–water partition coefficient (Wildman–Crippen LogP) is 0.178. The van der Waals surface area contributed by atoms with Gasteiger partial charge in [-0.3, -0.25) is 4.79 Å². The lowest BCUT2D eigenvalue weighted by Gasteiger charge is -2.35. The van der Waals surface area contributed by atoms with Gasteiger partial charge >= 0.3 is 0 Å². The largest absolute Gasteiger partial charge is 0.381 e. The Morgan fingerprint density at radius 1 is 1.41 bits per heavy atom. The molecule has 5 nitrogen and oxygen atoms in total. The molecule has 2 unspecified atom stereocenters. The normalized spacial score (nSPS) is 32.4. The summed E-state index contributed by atoms with van der Waals surface area (Å²) in [4.78, 5) is 12.1. The molecule has 2 rings (SSSR count). The zero-order chi connectivity index (χ0) is 12.3. The lowest BCUT2D eigenvalue weighted by atomic mass is 9.92. The summed E-state index contributed by atoms with van der Waals surface area (Å²) >= 11 is 0. The first-order valence-corrected chi connectivity index (χ1v) is 6.38. The maximum atomic E-state index is 12.1. The summed E-state index contributed by atoms with van der Waals surface area (Å²) < 4.78 is 10.9. The van der Waals surface area contributed by atoms with Gasteiger partial charge in [-0.2, -0.15) is 0 Å². The fraction of sp³-hybridized carbons (Fsp3) is 0.917. The molecule has 2 saturated heterocycles. The molecule has 5 heteroatoms. The van der Waals surface area contributed by atoms with Crippen molar-refractivity contribution in [2.24, 2.45) is 5.73 Å². The van der Waals surface area contributed by atoms with Crippen molar-refractivity contribution < 1.29 is 14.3 Å². The minimum Gasteiger partial charge on any atom is -0.381 e. The molecule has 0 spiro atoms. The summed E-state index contributed by atoms with van der Waals surface area (Å²) in [5.74, 6) is 0.00495. The van der Waals surface area contributed by atoms with Crippen LogP contribution in [0.1, 0.15) is 32.6 Å². The van der Waals surface area contributed by atoms with Crippen LogP contribution in [-0.4, -0.2) is 43.4 Å². The SMILES string of the molecule is CC1(NC(=O)C2CCC(CN)O2)CCOCC1. The molecule has 0 aromatic rings. The van der Waals surface area contributed by atoms with E-state index in [2.05, 4.69) is 12.2 Å². The van der Waals surface area contributed by atoms with Gasteiger partial charge in [0, 0.05) is 25.3 Å². The average Bonchev–Trinajstić information content (AvgIpc) is 2.78. The first-order chi connectivity index (χ1) is 8.13. The molecule has 2 fully saturated rings. The molecule has 0 bridgehead atoms. The summed E-state index contributed by atoms with van der Waals surface area (Å²) in [6, 6.07) is 0.